The predicted molar refractivity (Wildman–Crippen MR) is 80.9 cm³/mol. The van der Waals surface area contributed by atoms with Crippen LogP contribution in [0.15, 0.2) is 72.9 Å². The fourth-order valence-corrected chi connectivity index (χ4v) is 2.27. The fraction of sp³-hybridized carbons (Fsp3) is 0.0556. The van der Waals surface area contributed by atoms with Crippen molar-refractivity contribution in [1.29, 1.82) is 0 Å². The normalized spacial score (nSPS) is 11.8. The van der Waals surface area contributed by atoms with Gasteiger partial charge in [-0.15, -0.1) is 0 Å². The zero-order valence-corrected chi connectivity index (χ0v) is 10.7. The molecule has 0 bridgehead atoms. The standard InChI is InChI=1S/C12H9N.C6H6/c1-2-7-12-11(5-1)10-6-3-4-9(10)8-13-12;1-2-4-6-5-3-1/h1-5,7-8H,6H2;1-6H. The highest BCUT2D eigenvalue weighted by Crippen LogP contribution is 2.25. The van der Waals surface area contributed by atoms with Crippen LogP contribution in [0.1, 0.15) is 11.1 Å². The van der Waals surface area contributed by atoms with Crippen LogP contribution in [0.4, 0.5) is 0 Å². The molecule has 19 heavy (non-hydrogen) atoms. The van der Waals surface area contributed by atoms with Crippen LogP contribution in [0.25, 0.3) is 17.0 Å². The molecule has 0 saturated heterocycles. The van der Waals surface area contributed by atoms with E-state index in [1.807, 2.05) is 48.7 Å². The zero-order valence-electron chi connectivity index (χ0n) is 10.7. The molecule has 0 atom stereocenters. The molecular weight excluding hydrogens is 230 g/mol. The summed E-state index contributed by atoms with van der Waals surface area (Å²) in [6.07, 6.45) is 7.35. The molecule has 2 aromatic carbocycles. The lowest BCUT2D eigenvalue weighted by atomic mass is 10.1. The Bertz CT molecular complexity index is 673. The van der Waals surface area contributed by atoms with Gasteiger partial charge < -0.3 is 0 Å². The predicted octanol–water partition coefficient (Wildman–Crippen LogP) is 4.49. The first kappa shape index (κ1) is 11.7. The van der Waals surface area contributed by atoms with E-state index in [1.165, 1.54) is 16.5 Å². The van der Waals surface area contributed by atoms with E-state index < -0.39 is 0 Å². The van der Waals surface area contributed by atoms with Crippen molar-refractivity contribution in [2.24, 2.45) is 0 Å². The molecule has 1 heterocycles. The van der Waals surface area contributed by atoms with Gasteiger partial charge in [-0.3, -0.25) is 4.98 Å². The molecule has 1 aromatic heterocycles. The van der Waals surface area contributed by atoms with Crippen molar-refractivity contribution in [2.45, 2.75) is 6.42 Å². The van der Waals surface area contributed by atoms with Crippen LogP contribution in [0.5, 0.6) is 0 Å². The Balaban J connectivity index is 0.000000155. The molecule has 1 nitrogen and oxygen atoms in total. The Morgan fingerprint density at radius 2 is 1.47 bits per heavy atom. The molecule has 0 fully saturated rings. The third-order valence-electron chi connectivity index (χ3n) is 3.21. The maximum atomic E-state index is 4.40. The van der Waals surface area contributed by atoms with Crippen LogP contribution < -0.4 is 0 Å². The summed E-state index contributed by atoms with van der Waals surface area (Å²) < 4.78 is 0. The van der Waals surface area contributed by atoms with Crippen LogP contribution in [0.3, 0.4) is 0 Å². The second-order valence-corrected chi connectivity index (χ2v) is 4.47. The van der Waals surface area contributed by atoms with E-state index in [9.17, 15) is 0 Å². The van der Waals surface area contributed by atoms with Crippen molar-refractivity contribution in [3.05, 3.63) is 84.1 Å². The molecule has 0 spiro atoms. The molecule has 0 saturated carbocycles. The quantitative estimate of drug-likeness (QED) is 0.568. The van der Waals surface area contributed by atoms with Gasteiger partial charge in [-0.2, -0.15) is 0 Å². The molecule has 0 unspecified atom stereocenters. The average molecular weight is 245 g/mol. The molecule has 0 amide bonds. The minimum Gasteiger partial charge on any atom is -0.256 e. The summed E-state index contributed by atoms with van der Waals surface area (Å²) in [5.41, 5.74) is 3.80. The lowest BCUT2D eigenvalue weighted by Crippen LogP contribution is -1.87. The Kier molecular flexibility index (Phi) is 3.37. The number of allylic oxidation sites excluding steroid dienone is 1. The van der Waals surface area contributed by atoms with E-state index >= 15 is 0 Å². The van der Waals surface area contributed by atoms with Gasteiger partial charge in [-0.25, -0.2) is 0 Å². The topological polar surface area (TPSA) is 12.9 Å². The maximum Gasteiger partial charge on any atom is 0.0705 e. The van der Waals surface area contributed by atoms with Crippen LogP contribution in [-0.4, -0.2) is 4.98 Å². The second-order valence-electron chi connectivity index (χ2n) is 4.47. The Labute approximate surface area is 113 Å². The first-order chi connectivity index (χ1) is 9.45. The van der Waals surface area contributed by atoms with E-state index in [2.05, 4.69) is 35.3 Å². The molecule has 0 radical (unpaired) electrons. The number of hydrogen-bond acceptors (Lipinski definition) is 1. The molecular formula is C18H15N. The third kappa shape index (κ3) is 2.55. The van der Waals surface area contributed by atoms with Crippen molar-refractivity contribution in [2.75, 3.05) is 0 Å². The van der Waals surface area contributed by atoms with Crippen LogP contribution in [0.2, 0.25) is 0 Å². The number of aromatic nitrogens is 1. The molecule has 92 valence electrons. The van der Waals surface area contributed by atoms with Gasteiger partial charge in [0, 0.05) is 11.6 Å². The van der Waals surface area contributed by atoms with Gasteiger partial charge >= 0.3 is 0 Å². The molecule has 4 rings (SSSR count). The van der Waals surface area contributed by atoms with E-state index in [4.69, 9.17) is 0 Å². The van der Waals surface area contributed by atoms with E-state index in [1.54, 1.807) is 0 Å². The van der Waals surface area contributed by atoms with Gasteiger partial charge in [0.2, 0.25) is 0 Å². The van der Waals surface area contributed by atoms with Crippen LogP contribution >= 0.6 is 0 Å². The number of fused-ring (bicyclic) bond motifs is 3. The summed E-state index contributed by atoms with van der Waals surface area (Å²) >= 11 is 0. The van der Waals surface area contributed by atoms with Crippen molar-refractivity contribution in [1.82, 2.24) is 4.98 Å². The summed E-state index contributed by atoms with van der Waals surface area (Å²) in [6.45, 7) is 0. The monoisotopic (exact) mass is 245 g/mol. The van der Waals surface area contributed by atoms with E-state index in [-0.39, 0.29) is 0 Å². The number of pyridine rings is 1. The fourth-order valence-electron chi connectivity index (χ4n) is 2.27. The van der Waals surface area contributed by atoms with Gasteiger partial charge in [-0.1, -0.05) is 66.7 Å². The first-order valence-corrected chi connectivity index (χ1v) is 6.48. The largest absolute Gasteiger partial charge is 0.256 e. The van der Waals surface area contributed by atoms with Crippen molar-refractivity contribution >= 4 is 17.0 Å². The molecule has 1 aliphatic carbocycles. The van der Waals surface area contributed by atoms with Crippen molar-refractivity contribution < 1.29 is 0 Å². The second kappa shape index (κ2) is 5.49. The SMILES string of the molecule is C1=Cc2cnc3ccccc3c2C1.c1ccccc1. The number of benzene rings is 2. The highest BCUT2D eigenvalue weighted by atomic mass is 14.7. The maximum absolute atomic E-state index is 4.40. The van der Waals surface area contributed by atoms with Crippen LogP contribution in [-0.2, 0) is 6.42 Å². The number of para-hydroxylation sites is 1. The van der Waals surface area contributed by atoms with Gasteiger partial charge in [0.05, 0.1) is 5.52 Å². The summed E-state index contributed by atoms with van der Waals surface area (Å²) in [7, 11) is 0. The minimum absolute atomic E-state index is 1.05. The minimum atomic E-state index is 1.05. The molecule has 1 heteroatoms. The highest BCUT2D eigenvalue weighted by Gasteiger charge is 2.08. The Morgan fingerprint density at radius 3 is 2.21 bits per heavy atom. The molecule has 0 aliphatic heterocycles. The summed E-state index contributed by atoms with van der Waals surface area (Å²) in [4.78, 5) is 4.40. The number of hydrogen-bond donors (Lipinski definition) is 0. The van der Waals surface area contributed by atoms with Crippen LogP contribution in [0, 0.1) is 0 Å². The lowest BCUT2D eigenvalue weighted by molar-refractivity contribution is 1.30. The molecule has 0 N–H and O–H groups in total. The highest BCUT2D eigenvalue weighted by molar-refractivity contribution is 5.86. The molecule has 3 aromatic rings. The number of rotatable bonds is 0. The summed E-state index contributed by atoms with van der Waals surface area (Å²) in [5, 5.41) is 1.30. The van der Waals surface area contributed by atoms with Gasteiger partial charge in [-0.05, 0) is 23.6 Å². The van der Waals surface area contributed by atoms with E-state index in [0.29, 0.717) is 0 Å². The van der Waals surface area contributed by atoms with Gasteiger partial charge in [0.1, 0.15) is 0 Å². The van der Waals surface area contributed by atoms with Crippen molar-refractivity contribution in [3.8, 4) is 0 Å². The number of nitrogens with zero attached hydrogens (tertiary/aromatic N) is 1. The van der Waals surface area contributed by atoms with Gasteiger partial charge in [0.15, 0.2) is 0 Å². The first-order valence-electron chi connectivity index (χ1n) is 6.48. The Morgan fingerprint density at radius 1 is 0.789 bits per heavy atom. The van der Waals surface area contributed by atoms with E-state index in [0.717, 1.165) is 11.9 Å². The van der Waals surface area contributed by atoms with Gasteiger partial charge in [0.25, 0.3) is 0 Å². The smallest absolute Gasteiger partial charge is 0.0705 e. The average Bonchev–Trinajstić information content (AvgIpc) is 2.99. The Hall–Kier alpha value is -2.41. The lowest BCUT2D eigenvalue weighted by Gasteiger charge is -2.03. The summed E-state index contributed by atoms with van der Waals surface area (Å²) in [5.74, 6) is 0. The van der Waals surface area contributed by atoms with Crippen molar-refractivity contribution in [3.63, 3.8) is 0 Å². The third-order valence-corrected chi connectivity index (χ3v) is 3.21. The zero-order chi connectivity index (χ0) is 12.9. The molecule has 1 aliphatic rings. The summed E-state index contributed by atoms with van der Waals surface area (Å²) in [6, 6.07) is 20.3.